The molecule has 18 heavy (non-hydrogen) atoms. The van der Waals surface area contributed by atoms with Crippen LogP contribution in [0, 0.1) is 0 Å². The number of pyridine rings is 1. The van der Waals surface area contributed by atoms with Crippen molar-refractivity contribution in [3.8, 4) is 0 Å². The molecule has 0 fully saturated rings. The van der Waals surface area contributed by atoms with Gasteiger partial charge in [0.2, 0.25) is 0 Å². The van der Waals surface area contributed by atoms with Gasteiger partial charge < -0.3 is 5.43 Å². The first-order valence-corrected chi connectivity index (χ1v) is 6.25. The Bertz CT molecular complexity index is 613. The van der Waals surface area contributed by atoms with E-state index in [0.29, 0.717) is 14.3 Å². The fourth-order valence-corrected chi connectivity index (χ4v) is 2.83. The van der Waals surface area contributed by atoms with Gasteiger partial charge in [0.05, 0.1) is 11.2 Å². The predicted octanol–water partition coefficient (Wildman–Crippen LogP) is 4.06. The molecule has 0 bridgehead atoms. The van der Waals surface area contributed by atoms with Gasteiger partial charge in [-0.2, -0.15) is 13.2 Å². The lowest BCUT2D eigenvalue weighted by Gasteiger charge is -2.12. The highest BCUT2D eigenvalue weighted by molar-refractivity contribution is 9.11. The number of nitrogens with zero attached hydrogens (tertiary/aromatic N) is 1. The van der Waals surface area contributed by atoms with Crippen LogP contribution in [0.4, 0.5) is 18.9 Å². The number of benzene rings is 1. The molecule has 1 heterocycles. The molecule has 0 aliphatic rings. The monoisotopic (exact) mass is 383 g/mol. The number of halogens is 5. The summed E-state index contributed by atoms with van der Waals surface area (Å²) in [6.07, 6.45) is -4.52. The molecule has 1 aromatic heterocycles. The normalized spacial score (nSPS) is 11.9. The number of hydrogen-bond donors (Lipinski definition) is 2. The van der Waals surface area contributed by atoms with Gasteiger partial charge in [-0.05, 0) is 34.1 Å². The van der Waals surface area contributed by atoms with Crippen molar-refractivity contribution in [2.45, 2.75) is 6.18 Å². The lowest BCUT2D eigenvalue weighted by Crippen LogP contribution is -2.13. The van der Waals surface area contributed by atoms with Crippen LogP contribution in [0.15, 0.2) is 27.1 Å². The Morgan fingerprint density at radius 1 is 1.17 bits per heavy atom. The van der Waals surface area contributed by atoms with E-state index in [4.69, 9.17) is 5.84 Å². The first-order valence-electron chi connectivity index (χ1n) is 4.66. The molecule has 8 heteroatoms. The zero-order valence-corrected chi connectivity index (χ0v) is 11.8. The molecule has 0 radical (unpaired) electrons. The Kier molecular flexibility index (Phi) is 3.52. The van der Waals surface area contributed by atoms with Crippen molar-refractivity contribution in [2.24, 2.45) is 5.84 Å². The van der Waals surface area contributed by atoms with E-state index >= 15 is 0 Å². The van der Waals surface area contributed by atoms with Gasteiger partial charge in [0.25, 0.3) is 0 Å². The second kappa shape index (κ2) is 4.67. The van der Waals surface area contributed by atoms with Crippen LogP contribution in [-0.4, -0.2) is 4.98 Å². The first kappa shape index (κ1) is 13.6. The minimum atomic E-state index is -4.52. The van der Waals surface area contributed by atoms with Crippen molar-refractivity contribution in [3.63, 3.8) is 0 Å². The third kappa shape index (κ3) is 2.45. The highest BCUT2D eigenvalue weighted by Gasteiger charge is 2.33. The highest BCUT2D eigenvalue weighted by Crippen LogP contribution is 2.36. The summed E-state index contributed by atoms with van der Waals surface area (Å²) in [5.74, 6) is 5.25. The average molecular weight is 385 g/mol. The van der Waals surface area contributed by atoms with Crippen molar-refractivity contribution >= 4 is 48.5 Å². The molecule has 2 aromatic rings. The van der Waals surface area contributed by atoms with Gasteiger partial charge in [0.15, 0.2) is 0 Å². The molecule has 96 valence electrons. The number of nitrogens with two attached hydrogens (primary N) is 1. The molecular weight excluding hydrogens is 379 g/mol. The minimum Gasteiger partial charge on any atom is -0.323 e. The van der Waals surface area contributed by atoms with Crippen molar-refractivity contribution in [3.05, 3.63) is 32.8 Å². The summed E-state index contributed by atoms with van der Waals surface area (Å²) >= 11 is 6.44. The van der Waals surface area contributed by atoms with Crippen LogP contribution in [0.1, 0.15) is 5.69 Å². The van der Waals surface area contributed by atoms with Gasteiger partial charge >= 0.3 is 6.18 Å². The lowest BCUT2D eigenvalue weighted by atomic mass is 10.1. The fourth-order valence-electron chi connectivity index (χ4n) is 1.52. The van der Waals surface area contributed by atoms with Crippen molar-refractivity contribution in [2.75, 3.05) is 5.43 Å². The van der Waals surface area contributed by atoms with Gasteiger partial charge in [-0.1, -0.05) is 15.9 Å². The van der Waals surface area contributed by atoms with E-state index in [2.05, 4.69) is 42.3 Å². The van der Waals surface area contributed by atoms with Crippen LogP contribution >= 0.6 is 31.9 Å². The maximum Gasteiger partial charge on any atom is 0.433 e. The zero-order chi connectivity index (χ0) is 13.5. The lowest BCUT2D eigenvalue weighted by molar-refractivity contribution is -0.140. The number of rotatable bonds is 1. The van der Waals surface area contributed by atoms with Crippen LogP contribution < -0.4 is 11.3 Å². The summed E-state index contributed by atoms with van der Waals surface area (Å²) in [5, 5.41) is 0.492. The van der Waals surface area contributed by atoms with E-state index in [1.54, 1.807) is 12.1 Å². The van der Waals surface area contributed by atoms with E-state index in [0.717, 1.165) is 6.07 Å². The van der Waals surface area contributed by atoms with Gasteiger partial charge in [-0.25, -0.2) is 4.98 Å². The van der Waals surface area contributed by atoms with Gasteiger partial charge in [-0.3, -0.25) is 5.84 Å². The Balaban J connectivity index is 2.84. The topological polar surface area (TPSA) is 50.9 Å². The standard InChI is InChI=1S/C10H6Br2F3N3/c11-4-1-5-7(18-16)3-8(10(13,14)15)17-9(5)6(12)2-4/h1-3H,16H2,(H,17,18). The molecule has 0 spiro atoms. The van der Waals surface area contributed by atoms with Crippen LogP contribution in [0.2, 0.25) is 0 Å². The summed E-state index contributed by atoms with van der Waals surface area (Å²) < 4.78 is 39.2. The Labute approximate surface area is 117 Å². The Morgan fingerprint density at radius 3 is 2.39 bits per heavy atom. The number of hydrazine groups is 1. The van der Waals surface area contributed by atoms with Crippen LogP contribution in [0.5, 0.6) is 0 Å². The van der Waals surface area contributed by atoms with Gasteiger partial charge in [0.1, 0.15) is 5.69 Å². The number of nitrogen functional groups attached to an aromatic ring is 1. The molecule has 3 N–H and O–H groups in total. The molecule has 0 aliphatic carbocycles. The highest BCUT2D eigenvalue weighted by atomic mass is 79.9. The summed E-state index contributed by atoms with van der Waals surface area (Å²) in [5.41, 5.74) is 1.62. The first-order chi connectivity index (χ1) is 8.32. The molecule has 2 rings (SSSR count). The number of alkyl halides is 3. The molecule has 3 nitrogen and oxygen atoms in total. The summed E-state index contributed by atoms with van der Waals surface area (Å²) in [6.45, 7) is 0. The summed E-state index contributed by atoms with van der Waals surface area (Å²) in [6, 6.07) is 4.14. The molecule has 0 aliphatic heterocycles. The molecule has 0 saturated heterocycles. The number of anilines is 1. The average Bonchev–Trinajstić information content (AvgIpc) is 2.26. The van der Waals surface area contributed by atoms with E-state index in [9.17, 15) is 13.2 Å². The minimum absolute atomic E-state index is 0.161. The van der Waals surface area contributed by atoms with Crippen LogP contribution in [0.3, 0.4) is 0 Å². The summed E-state index contributed by atoms with van der Waals surface area (Å²) in [7, 11) is 0. The van der Waals surface area contributed by atoms with E-state index in [1.165, 1.54) is 0 Å². The van der Waals surface area contributed by atoms with Crippen molar-refractivity contribution in [1.29, 1.82) is 0 Å². The van der Waals surface area contributed by atoms with Gasteiger partial charge in [-0.15, -0.1) is 0 Å². The largest absolute Gasteiger partial charge is 0.433 e. The number of aromatic nitrogens is 1. The van der Waals surface area contributed by atoms with Crippen molar-refractivity contribution < 1.29 is 13.2 Å². The molecule has 0 unspecified atom stereocenters. The zero-order valence-electron chi connectivity index (χ0n) is 8.65. The number of nitrogens with one attached hydrogen (secondary N) is 1. The molecule has 0 amide bonds. The Morgan fingerprint density at radius 2 is 1.83 bits per heavy atom. The quantitative estimate of drug-likeness (QED) is 0.575. The number of fused-ring (bicyclic) bond motifs is 1. The van der Waals surface area contributed by atoms with E-state index in [-0.39, 0.29) is 11.2 Å². The van der Waals surface area contributed by atoms with E-state index < -0.39 is 11.9 Å². The van der Waals surface area contributed by atoms with Crippen LogP contribution in [-0.2, 0) is 6.18 Å². The third-order valence-electron chi connectivity index (χ3n) is 2.28. The van der Waals surface area contributed by atoms with E-state index in [1.807, 2.05) is 0 Å². The predicted molar refractivity (Wildman–Crippen MR) is 70.0 cm³/mol. The second-order valence-electron chi connectivity index (χ2n) is 3.48. The SMILES string of the molecule is NNc1cc(C(F)(F)F)nc2c(Br)cc(Br)cc12. The number of hydrogen-bond acceptors (Lipinski definition) is 3. The summed E-state index contributed by atoms with van der Waals surface area (Å²) in [4.78, 5) is 3.61. The Hall–Kier alpha value is -0.860. The third-order valence-corrected chi connectivity index (χ3v) is 3.34. The van der Waals surface area contributed by atoms with Crippen molar-refractivity contribution in [1.82, 2.24) is 4.98 Å². The molecule has 1 aromatic carbocycles. The molecule has 0 saturated carbocycles. The maximum atomic E-state index is 12.7. The van der Waals surface area contributed by atoms with Crippen LogP contribution in [0.25, 0.3) is 10.9 Å². The second-order valence-corrected chi connectivity index (χ2v) is 5.25. The van der Waals surface area contributed by atoms with Gasteiger partial charge in [0, 0.05) is 14.3 Å². The fraction of sp³-hybridized carbons (Fsp3) is 0.100. The molecule has 0 atom stereocenters. The maximum absolute atomic E-state index is 12.7. The molecular formula is C10H6Br2F3N3. The smallest absolute Gasteiger partial charge is 0.323 e.